The minimum absolute atomic E-state index is 0.219. The van der Waals surface area contributed by atoms with Gasteiger partial charge in [-0.15, -0.1) is 0 Å². The molecule has 20 heavy (non-hydrogen) atoms. The summed E-state index contributed by atoms with van der Waals surface area (Å²) < 4.78 is 13.6. The van der Waals surface area contributed by atoms with Crippen molar-refractivity contribution in [2.45, 2.75) is 6.54 Å². The second-order valence-electron chi connectivity index (χ2n) is 4.62. The van der Waals surface area contributed by atoms with E-state index in [9.17, 15) is 9.50 Å². The molecule has 0 amide bonds. The van der Waals surface area contributed by atoms with Gasteiger partial charge >= 0.3 is 0 Å². The van der Waals surface area contributed by atoms with Crippen molar-refractivity contribution in [3.63, 3.8) is 0 Å². The quantitative estimate of drug-likeness (QED) is 0.741. The Morgan fingerprint density at radius 3 is 2.45 bits per heavy atom. The Labute approximate surface area is 116 Å². The Balaban J connectivity index is 1.92. The molecule has 3 aromatic carbocycles. The number of benzene rings is 3. The SMILES string of the molecule is Oc1cccc2c(NCc3ccccc3F)cccc12. The summed E-state index contributed by atoms with van der Waals surface area (Å²) in [5, 5.41) is 14.8. The van der Waals surface area contributed by atoms with Crippen molar-refractivity contribution in [2.75, 3.05) is 5.32 Å². The molecular formula is C17H14FNO. The molecule has 0 saturated heterocycles. The molecule has 0 fully saturated rings. The molecule has 0 heterocycles. The van der Waals surface area contributed by atoms with E-state index in [4.69, 9.17) is 0 Å². The van der Waals surface area contributed by atoms with E-state index < -0.39 is 0 Å². The summed E-state index contributed by atoms with van der Waals surface area (Å²) in [6.07, 6.45) is 0. The lowest BCUT2D eigenvalue weighted by Crippen LogP contribution is -2.02. The zero-order valence-corrected chi connectivity index (χ0v) is 10.8. The van der Waals surface area contributed by atoms with E-state index in [1.54, 1.807) is 24.3 Å². The lowest BCUT2D eigenvalue weighted by atomic mass is 10.1. The molecule has 2 N–H and O–H groups in total. The van der Waals surface area contributed by atoms with Gasteiger partial charge in [-0.2, -0.15) is 0 Å². The maximum Gasteiger partial charge on any atom is 0.128 e. The molecule has 0 atom stereocenters. The fourth-order valence-corrected chi connectivity index (χ4v) is 2.28. The lowest BCUT2D eigenvalue weighted by Gasteiger charge is -2.11. The third-order valence-corrected chi connectivity index (χ3v) is 3.33. The molecule has 2 nitrogen and oxygen atoms in total. The number of phenolic OH excluding ortho intramolecular Hbond substituents is 1. The minimum atomic E-state index is -0.219. The summed E-state index contributed by atoms with van der Waals surface area (Å²) in [4.78, 5) is 0. The van der Waals surface area contributed by atoms with Gasteiger partial charge in [0.15, 0.2) is 0 Å². The van der Waals surface area contributed by atoms with Crippen LogP contribution in [0.15, 0.2) is 60.7 Å². The molecule has 0 spiro atoms. The number of halogens is 1. The maximum absolute atomic E-state index is 13.6. The van der Waals surface area contributed by atoms with Crippen molar-refractivity contribution in [3.05, 3.63) is 72.0 Å². The monoisotopic (exact) mass is 267 g/mol. The fraction of sp³-hybridized carbons (Fsp3) is 0.0588. The number of phenols is 1. The third-order valence-electron chi connectivity index (χ3n) is 3.33. The van der Waals surface area contributed by atoms with Gasteiger partial charge in [-0.1, -0.05) is 42.5 Å². The van der Waals surface area contributed by atoms with Crippen LogP contribution in [-0.2, 0) is 6.54 Å². The van der Waals surface area contributed by atoms with E-state index in [0.717, 1.165) is 16.5 Å². The summed E-state index contributed by atoms with van der Waals surface area (Å²) in [6, 6.07) is 17.7. The molecule has 0 unspecified atom stereocenters. The van der Waals surface area contributed by atoms with Gasteiger partial charge < -0.3 is 10.4 Å². The van der Waals surface area contributed by atoms with Crippen LogP contribution in [0.5, 0.6) is 5.75 Å². The van der Waals surface area contributed by atoms with Crippen LogP contribution in [0.3, 0.4) is 0 Å². The highest BCUT2D eigenvalue weighted by Gasteiger charge is 2.05. The average molecular weight is 267 g/mol. The second-order valence-corrected chi connectivity index (χ2v) is 4.62. The number of anilines is 1. The Kier molecular flexibility index (Phi) is 3.25. The molecule has 0 aliphatic heterocycles. The van der Waals surface area contributed by atoms with Crippen molar-refractivity contribution in [1.82, 2.24) is 0 Å². The summed E-state index contributed by atoms with van der Waals surface area (Å²) >= 11 is 0. The largest absolute Gasteiger partial charge is 0.507 e. The molecule has 3 heteroatoms. The van der Waals surface area contributed by atoms with Crippen LogP contribution in [0.1, 0.15) is 5.56 Å². The van der Waals surface area contributed by atoms with E-state index in [1.807, 2.05) is 30.3 Å². The van der Waals surface area contributed by atoms with Crippen LogP contribution in [0, 0.1) is 5.82 Å². The lowest BCUT2D eigenvalue weighted by molar-refractivity contribution is 0.481. The summed E-state index contributed by atoms with van der Waals surface area (Å²) in [7, 11) is 0. The Bertz CT molecular complexity index is 755. The summed E-state index contributed by atoms with van der Waals surface area (Å²) in [5.74, 6) is 0.0279. The summed E-state index contributed by atoms with van der Waals surface area (Å²) in [5.41, 5.74) is 1.49. The number of nitrogens with one attached hydrogen (secondary N) is 1. The van der Waals surface area contributed by atoms with Crippen LogP contribution in [0.25, 0.3) is 10.8 Å². The first-order chi connectivity index (χ1) is 9.75. The predicted molar refractivity (Wildman–Crippen MR) is 79.3 cm³/mol. The minimum Gasteiger partial charge on any atom is -0.507 e. The standard InChI is InChI=1S/C17H14FNO/c18-15-8-2-1-5-12(15)11-19-16-9-3-7-14-13(16)6-4-10-17(14)20/h1-10,19-20H,11H2. The van der Waals surface area contributed by atoms with Gasteiger partial charge in [0, 0.05) is 28.6 Å². The smallest absolute Gasteiger partial charge is 0.128 e. The molecule has 0 aliphatic carbocycles. The first-order valence-corrected chi connectivity index (χ1v) is 6.44. The van der Waals surface area contributed by atoms with E-state index >= 15 is 0 Å². The third kappa shape index (κ3) is 2.30. The normalized spacial score (nSPS) is 10.7. The van der Waals surface area contributed by atoms with Gasteiger partial charge in [-0.05, 0) is 18.2 Å². The van der Waals surface area contributed by atoms with Gasteiger partial charge in [0.1, 0.15) is 11.6 Å². The van der Waals surface area contributed by atoms with E-state index in [1.165, 1.54) is 6.07 Å². The van der Waals surface area contributed by atoms with Gasteiger partial charge in [0.25, 0.3) is 0 Å². The highest BCUT2D eigenvalue weighted by molar-refractivity contribution is 5.97. The van der Waals surface area contributed by atoms with Gasteiger partial charge in [0.2, 0.25) is 0 Å². The van der Waals surface area contributed by atoms with Crippen LogP contribution >= 0.6 is 0 Å². The zero-order valence-electron chi connectivity index (χ0n) is 10.8. The zero-order chi connectivity index (χ0) is 13.9. The van der Waals surface area contributed by atoms with Gasteiger partial charge in [-0.3, -0.25) is 0 Å². The highest BCUT2D eigenvalue weighted by atomic mass is 19.1. The predicted octanol–water partition coefficient (Wildman–Crippen LogP) is 4.30. The van der Waals surface area contributed by atoms with Gasteiger partial charge in [0.05, 0.1) is 0 Å². The van der Waals surface area contributed by atoms with Crippen LogP contribution in [0.4, 0.5) is 10.1 Å². The molecule has 0 bridgehead atoms. The second kappa shape index (κ2) is 5.21. The molecule has 3 rings (SSSR count). The van der Waals surface area contributed by atoms with Crippen LogP contribution < -0.4 is 5.32 Å². The topological polar surface area (TPSA) is 32.3 Å². The number of hydrogen-bond acceptors (Lipinski definition) is 2. The Morgan fingerprint density at radius 1 is 0.850 bits per heavy atom. The first kappa shape index (κ1) is 12.5. The van der Waals surface area contributed by atoms with E-state index in [0.29, 0.717) is 12.1 Å². The van der Waals surface area contributed by atoms with Crippen LogP contribution in [-0.4, -0.2) is 5.11 Å². The molecule has 100 valence electrons. The Morgan fingerprint density at radius 2 is 1.60 bits per heavy atom. The first-order valence-electron chi connectivity index (χ1n) is 6.44. The molecule has 0 aromatic heterocycles. The van der Waals surface area contributed by atoms with E-state index in [-0.39, 0.29) is 11.6 Å². The summed E-state index contributed by atoms with van der Waals surface area (Å²) in [6.45, 7) is 0.404. The molecule has 0 radical (unpaired) electrons. The molecule has 3 aromatic rings. The fourth-order valence-electron chi connectivity index (χ4n) is 2.28. The molecule has 0 aliphatic rings. The van der Waals surface area contributed by atoms with Crippen LogP contribution in [0.2, 0.25) is 0 Å². The van der Waals surface area contributed by atoms with E-state index in [2.05, 4.69) is 5.32 Å². The van der Waals surface area contributed by atoms with Crippen molar-refractivity contribution >= 4 is 16.5 Å². The highest BCUT2D eigenvalue weighted by Crippen LogP contribution is 2.30. The number of rotatable bonds is 3. The molecular weight excluding hydrogens is 253 g/mol. The number of aromatic hydroxyl groups is 1. The Hall–Kier alpha value is -2.55. The molecule has 0 saturated carbocycles. The number of hydrogen-bond donors (Lipinski definition) is 2. The van der Waals surface area contributed by atoms with Crippen molar-refractivity contribution in [3.8, 4) is 5.75 Å². The maximum atomic E-state index is 13.6. The van der Waals surface area contributed by atoms with Gasteiger partial charge in [-0.25, -0.2) is 4.39 Å². The average Bonchev–Trinajstić information content (AvgIpc) is 2.47. The van der Waals surface area contributed by atoms with Crippen molar-refractivity contribution in [2.24, 2.45) is 0 Å². The number of fused-ring (bicyclic) bond motifs is 1. The van der Waals surface area contributed by atoms with Crippen molar-refractivity contribution in [1.29, 1.82) is 0 Å². The van der Waals surface area contributed by atoms with Crippen molar-refractivity contribution < 1.29 is 9.50 Å².